The van der Waals surface area contributed by atoms with E-state index in [0.29, 0.717) is 0 Å². The Balaban J connectivity index is 2.08. The number of likely N-dealkylation sites (N-methyl/N-ethyl adjacent to an activating group) is 1. The minimum absolute atomic E-state index is 0.273. The van der Waals surface area contributed by atoms with Crippen LogP contribution in [0.3, 0.4) is 0 Å². The van der Waals surface area contributed by atoms with Crippen LogP contribution in [0.2, 0.25) is 0 Å². The molecule has 1 saturated heterocycles. The van der Waals surface area contributed by atoms with E-state index in [0.717, 1.165) is 26.2 Å². The summed E-state index contributed by atoms with van der Waals surface area (Å²) < 4.78 is 3.67. The lowest BCUT2D eigenvalue weighted by Crippen LogP contribution is -2.55. The second kappa shape index (κ2) is 3.86. The van der Waals surface area contributed by atoms with Crippen LogP contribution in [0.25, 0.3) is 0 Å². The Hall–Kier alpha value is -0.320. The van der Waals surface area contributed by atoms with Gasteiger partial charge in [0.15, 0.2) is 0 Å². The molecule has 1 N–H and O–H groups in total. The van der Waals surface area contributed by atoms with Gasteiger partial charge < -0.3 is 9.88 Å². The van der Waals surface area contributed by atoms with Gasteiger partial charge in [-0.2, -0.15) is 0 Å². The molecule has 0 bridgehead atoms. The van der Waals surface area contributed by atoms with E-state index >= 15 is 0 Å². The number of aromatic nitrogens is 1. The largest absolute Gasteiger partial charge is 0.336 e. The minimum atomic E-state index is 0.273. The summed E-state index contributed by atoms with van der Waals surface area (Å²) in [4.78, 5) is 2.55. The Kier molecular flexibility index (Phi) is 2.61. The maximum atomic E-state index is 3.65. The molecule has 2 aliphatic rings. The molecule has 16 heavy (non-hydrogen) atoms. The molecule has 3 rings (SSSR count). The van der Waals surface area contributed by atoms with Gasteiger partial charge in [0.2, 0.25) is 0 Å². The van der Waals surface area contributed by atoms with Crippen LogP contribution in [0.15, 0.2) is 16.7 Å². The lowest BCUT2D eigenvalue weighted by atomic mass is 9.82. The summed E-state index contributed by atoms with van der Waals surface area (Å²) in [5, 5.41) is 3.47. The van der Waals surface area contributed by atoms with Gasteiger partial charge in [-0.15, -0.1) is 0 Å². The number of hydrogen-bond donors (Lipinski definition) is 1. The van der Waals surface area contributed by atoms with Crippen molar-refractivity contribution in [1.29, 1.82) is 0 Å². The van der Waals surface area contributed by atoms with Crippen LogP contribution in [0.4, 0.5) is 0 Å². The summed E-state index contributed by atoms with van der Waals surface area (Å²) in [6, 6.07) is 4.49. The fourth-order valence-corrected chi connectivity index (χ4v) is 3.71. The SMILES string of the molecule is CN1CCn2c(Br)ccc2C12CCNCC2. The highest BCUT2D eigenvalue weighted by Crippen LogP contribution is 2.40. The third-order valence-electron chi connectivity index (χ3n) is 4.22. The molecule has 3 heterocycles. The standard InChI is InChI=1S/C12H18BrN3/c1-15-8-9-16-10(2-3-11(16)13)12(15)4-6-14-7-5-12/h2-3,14H,4-9H2,1H3. The lowest BCUT2D eigenvalue weighted by Gasteiger charge is -2.48. The summed E-state index contributed by atoms with van der Waals surface area (Å²) >= 11 is 3.65. The molecule has 2 aliphatic heterocycles. The van der Waals surface area contributed by atoms with E-state index in [1.54, 1.807) is 0 Å². The Morgan fingerprint density at radius 3 is 2.75 bits per heavy atom. The second-order valence-electron chi connectivity index (χ2n) is 4.90. The minimum Gasteiger partial charge on any atom is -0.336 e. The zero-order valence-electron chi connectivity index (χ0n) is 9.67. The van der Waals surface area contributed by atoms with Crippen molar-refractivity contribution in [2.75, 3.05) is 26.7 Å². The molecule has 3 nitrogen and oxygen atoms in total. The predicted octanol–water partition coefficient (Wildman–Crippen LogP) is 1.77. The lowest BCUT2D eigenvalue weighted by molar-refractivity contribution is 0.0477. The number of nitrogens with zero attached hydrogens (tertiary/aromatic N) is 2. The topological polar surface area (TPSA) is 20.2 Å². The first-order valence-corrected chi connectivity index (χ1v) is 6.81. The molecule has 0 aromatic carbocycles. The Bertz CT molecular complexity index is 393. The van der Waals surface area contributed by atoms with E-state index in [-0.39, 0.29) is 5.54 Å². The van der Waals surface area contributed by atoms with Gasteiger partial charge in [-0.05, 0) is 61.0 Å². The Morgan fingerprint density at radius 2 is 2.00 bits per heavy atom. The van der Waals surface area contributed by atoms with Crippen LogP contribution in [0, 0.1) is 0 Å². The van der Waals surface area contributed by atoms with Gasteiger partial charge in [0.25, 0.3) is 0 Å². The molecule has 0 atom stereocenters. The van der Waals surface area contributed by atoms with Gasteiger partial charge in [0.05, 0.1) is 10.1 Å². The number of hydrogen-bond acceptors (Lipinski definition) is 2. The molecule has 0 aliphatic carbocycles. The number of piperidine rings is 1. The zero-order valence-corrected chi connectivity index (χ0v) is 11.3. The first-order valence-electron chi connectivity index (χ1n) is 6.01. The number of halogens is 1. The second-order valence-corrected chi connectivity index (χ2v) is 5.71. The average molecular weight is 284 g/mol. The zero-order chi connectivity index (χ0) is 11.2. The quantitative estimate of drug-likeness (QED) is 0.783. The third-order valence-corrected chi connectivity index (χ3v) is 4.92. The van der Waals surface area contributed by atoms with E-state index in [9.17, 15) is 0 Å². The highest BCUT2D eigenvalue weighted by atomic mass is 79.9. The molecule has 1 aromatic heterocycles. The molecular formula is C12H18BrN3. The van der Waals surface area contributed by atoms with E-state index in [1.165, 1.54) is 23.1 Å². The molecule has 1 fully saturated rings. The summed E-state index contributed by atoms with van der Waals surface area (Å²) in [7, 11) is 2.27. The van der Waals surface area contributed by atoms with Crippen LogP contribution in [-0.4, -0.2) is 36.1 Å². The van der Waals surface area contributed by atoms with Crippen molar-refractivity contribution in [1.82, 2.24) is 14.8 Å². The number of rotatable bonds is 0. The maximum Gasteiger partial charge on any atom is 0.0849 e. The predicted molar refractivity (Wildman–Crippen MR) is 68.5 cm³/mol. The Labute approximate surface area is 105 Å². The summed E-state index contributed by atoms with van der Waals surface area (Å²) in [5.74, 6) is 0. The van der Waals surface area contributed by atoms with Gasteiger partial charge in [0.1, 0.15) is 0 Å². The van der Waals surface area contributed by atoms with E-state index in [4.69, 9.17) is 0 Å². The van der Waals surface area contributed by atoms with Crippen molar-refractivity contribution >= 4 is 15.9 Å². The van der Waals surface area contributed by atoms with Crippen molar-refractivity contribution < 1.29 is 0 Å². The van der Waals surface area contributed by atoms with Crippen LogP contribution in [0.1, 0.15) is 18.5 Å². The molecule has 0 radical (unpaired) electrons. The third kappa shape index (κ3) is 1.40. The van der Waals surface area contributed by atoms with E-state index in [1.807, 2.05) is 0 Å². The first kappa shape index (κ1) is 10.8. The molecular weight excluding hydrogens is 266 g/mol. The molecule has 0 unspecified atom stereocenters. The van der Waals surface area contributed by atoms with E-state index < -0.39 is 0 Å². The fourth-order valence-electron chi connectivity index (χ4n) is 3.21. The van der Waals surface area contributed by atoms with Crippen LogP contribution in [-0.2, 0) is 12.1 Å². The van der Waals surface area contributed by atoms with Gasteiger partial charge in [-0.1, -0.05) is 0 Å². The van der Waals surface area contributed by atoms with Crippen molar-refractivity contribution in [3.05, 3.63) is 22.4 Å². The van der Waals surface area contributed by atoms with Crippen LogP contribution in [0.5, 0.6) is 0 Å². The highest BCUT2D eigenvalue weighted by molar-refractivity contribution is 9.10. The number of nitrogens with one attached hydrogen (secondary N) is 1. The maximum absolute atomic E-state index is 3.65. The fraction of sp³-hybridized carbons (Fsp3) is 0.667. The van der Waals surface area contributed by atoms with Crippen LogP contribution < -0.4 is 5.32 Å². The van der Waals surface area contributed by atoms with Crippen molar-refractivity contribution in [3.63, 3.8) is 0 Å². The van der Waals surface area contributed by atoms with Crippen molar-refractivity contribution in [3.8, 4) is 0 Å². The monoisotopic (exact) mass is 283 g/mol. The van der Waals surface area contributed by atoms with Gasteiger partial charge in [-0.3, -0.25) is 4.90 Å². The van der Waals surface area contributed by atoms with Gasteiger partial charge in [0, 0.05) is 18.8 Å². The smallest absolute Gasteiger partial charge is 0.0849 e. The van der Waals surface area contributed by atoms with Gasteiger partial charge >= 0.3 is 0 Å². The molecule has 0 saturated carbocycles. The molecule has 4 heteroatoms. The molecule has 1 aromatic rings. The summed E-state index contributed by atoms with van der Waals surface area (Å²) in [6.07, 6.45) is 2.44. The highest BCUT2D eigenvalue weighted by Gasteiger charge is 2.42. The van der Waals surface area contributed by atoms with Crippen molar-refractivity contribution in [2.24, 2.45) is 0 Å². The first-order chi connectivity index (χ1) is 7.74. The normalized spacial score (nSPS) is 24.6. The number of fused-ring (bicyclic) bond motifs is 2. The molecule has 88 valence electrons. The summed E-state index contributed by atoms with van der Waals surface area (Å²) in [6.45, 7) is 4.52. The average Bonchev–Trinajstić information content (AvgIpc) is 2.68. The van der Waals surface area contributed by atoms with Gasteiger partial charge in [-0.25, -0.2) is 0 Å². The van der Waals surface area contributed by atoms with Crippen LogP contribution >= 0.6 is 15.9 Å². The summed E-state index contributed by atoms with van der Waals surface area (Å²) in [5.41, 5.74) is 1.77. The van der Waals surface area contributed by atoms with E-state index in [2.05, 4.69) is 49.9 Å². The van der Waals surface area contributed by atoms with Crippen molar-refractivity contribution in [2.45, 2.75) is 24.9 Å². The Morgan fingerprint density at radius 1 is 1.25 bits per heavy atom. The molecule has 1 spiro atoms. The molecule has 0 amide bonds.